The summed E-state index contributed by atoms with van der Waals surface area (Å²) in [6, 6.07) is 47.0. The minimum atomic E-state index is 0.800. The fraction of sp³-hybridized carbons (Fsp3) is 0.0400. The molecule has 0 radical (unpaired) electrons. The van der Waals surface area contributed by atoms with Crippen LogP contribution in [-0.4, -0.2) is 0 Å². The molecule has 1 aliphatic carbocycles. The number of hydrogen-bond acceptors (Lipinski definition) is 4. The molecule has 0 atom stereocenters. The molecule has 0 saturated carbocycles. The van der Waals surface area contributed by atoms with Gasteiger partial charge in [-0.15, -0.1) is 0 Å². The van der Waals surface area contributed by atoms with E-state index in [1.165, 1.54) is 21.9 Å². The molecule has 1 aliphatic rings. The Labute approximate surface area is 307 Å². The number of allylic oxidation sites excluding steroid dienone is 1. The summed E-state index contributed by atoms with van der Waals surface area (Å²) in [5.41, 5.74) is 13.5. The molecule has 54 heavy (non-hydrogen) atoms. The van der Waals surface area contributed by atoms with Crippen molar-refractivity contribution in [1.82, 2.24) is 0 Å². The zero-order valence-corrected chi connectivity index (χ0v) is 28.9. The Morgan fingerprint density at radius 2 is 0.963 bits per heavy atom. The summed E-state index contributed by atoms with van der Waals surface area (Å²) < 4.78 is 27.2. The van der Waals surface area contributed by atoms with Crippen molar-refractivity contribution in [2.24, 2.45) is 0 Å². The Morgan fingerprint density at radius 1 is 0.389 bits per heavy atom. The van der Waals surface area contributed by atoms with Crippen LogP contribution < -0.4 is 0 Å². The van der Waals surface area contributed by atoms with Crippen LogP contribution in [0, 0.1) is 0 Å². The predicted molar refractivity (Wildman–Crippen MR) is 221 cm³/mol. The summed E-state index contributed by atoms with van der Waals surface area (Å²) in [4.78, 5) is 0. The van der Waals surface area contributed by atoms with Crippen LogP contribution in [0.1, 0.15) is 17.5 Å². The molecular weight excluding hydrogens is 665 g/mol. The minimum absolute atomic E-state index is 0.800. The molecule has 0 N–H and O–H groups in total. The van der Waals surface area contributed by atoms with Crippen LogP contribution in [0.15, 0.2) is 157 Å². The van der Waals surface area contributed by atoms with Gasteiger partial charge < -0.3 is 17.7 Å². The molecule has 0 spiro atoms. The summed E-state index contributed by atoms with van der Waals surface area (Å²) in [6.45, 7) is 0. The average Bonchev–Trinajstić information content (AvgIpc) is 3.98. The van der Waals surface area contributed by atoms with Crippen LogP contribution in [-0.2, 0) is 6.42 Å². The molecular formula is C50H28O4. The van der Waals surface area contributed by atoms with E-state index in [9.17, 15) is 0 Å². The second kappa shape index (κ2) is 10.3. The minimum Gasteiger partial charge on any atom is -0.456 e. The number of benzene rings is 8. The van der Waals surface area contributed by atoms with Gasteiger partial charge in [-0.25, -0.2) is 0 Å². The van der Waals surface area contributed by atoms with Gasteiger partial charge in [0.15, 0.2) is 0 Å². The Bertz CT molecular complexity index is 3620. The van der Waals surface area contributed by atoms with Gasteiger partial charge in [-0.3, -0.25) is 0 Å². The molecule has 4 aromatic heterocycles. The highest BCUT2D eigenvalue weighted by Crippen LogP contribution is 2.49. The lowest BCUT2D eigenvalue weighted by Crippen LogP contribution is -1.94. The lowest BCUT2D eigenvalue weighted by molar-refractivity contribution is 0.661. The summed E-state index contributed by atoms with van der Waals surface area (Å²) in [7, 11) is 0. The fourth-order valence-corrected chi connectivity index (χ4v) is 9.18. The van der Waals surface area contributed by atoms with E-state index in [2.05, 4.69) is 121 Å². The van der Waals surface area contributed by atoms with Crippen molar-refractivity contribution in [2.75, 3.05) is 0 Å². The van der Waals surface area contributed by atoms with Crippen molar-refractivity contribution in [1.29, 1.82) is 0 Å². The fourth-order valence-electron chi connectivity index (χ4n) is 9.18. The van der Waals surface area contributed by atoms with Crippen molar-refractivity contribution in [2.45, 2.75) is 12.8 Å². The Balaban J connectivity index is 1.12. The maximum absolute atomic E-state index is 6.87. The molecule has 0 aliphatic heterocycles. The maximum Gasteiger partial charge on any atom is 0.144 e. The Morgan fingerprint density at radius 3 is 1.63 bits per heavy atom. The molecule has 0 bridgehead atoms. The van der Waals surface area contributed by atoms with Crippen molar-refractivity contribution in [3.63, 3.8) is 0 Å². The van der Waals surface area contributed by atoms with Gasteiger partial charge in [0.1, 0.15) is 44.7 Å². The van der Waals surface area contributed by atoms with Gasteiger partial charge in [0.2, 0.25) is 0 Å². The van der Waals surface area contributed by atoms with Gasteiger partial charge >= 0.3 is 0 Å². The number of para-hydroxylation sites is 2. The number of rotatable bonds is 2. The van der Waals surface area contributed by atoms with E-state index in [-0.39, 0.29) is 0 Å². The second-order valence-electron chi connectivity index (χ2n) is 14.7. The molecule has 8 aromatic carbocycles. The first-order valence-electron chi connectivity index (χ1n) is 18.5. The van der Waals surface area contributed by atoms with Gasteiger partial charge in [0.05, 0.1) is 0 Å². The third-order valence-corrected chi connectivity index (χ3v) is 11.7. The standard InChI is InChI=1S/C50H28O4/c1-3-11-29-21-31(19-17-27(29)9-1)35-23-43-45(47-33-13-5-7-15-39(33)53-49(35)47)37-25-42-38(26-41(37)51-43)46-44(52-42)24-36(32-20-18-28-10-2-4-12-30(28)22-32)50-48(46)34-14-6-8-16-40(34)54-50/h1,3-9,11-26H,2,10H2. The molecule has 4 nitrogen and oxygen atoms in total. The first-order valence-corrected chi connectivity index (χ1v) is 18.5. The second-order valence-corrected chi connectivity index (χ2v) is 14.7. The lowest BCUT2D eigenvalue weighted by atomic mass is 9.92. The van der Waals surface area contributed by atoms with Crippen molar-refractivity contribution < 1.29 is 17.7 Å². The van der Waals surface area contributed by atoms with E-state index in [1.807, 2.05) is 24.3 Å². The molecule has 12 aromatic rings. The van der Waals surface area contributed by atoms with Crippen LogP contribution in [0.5, 0.6) is 0 Å². The molecule has 13 rings (SSSR count). The van der Waals surface area contributed by atoms with E-state index in [4.69, 9.17) is 17.7 Å². The van der Waals surface area contributed by atoms with Gasteiger partial charge in [0, 0.05) is 54.2 Å². The Kier molecular flexibility index (Phi) is 5.44. The third-order valence-electron chi connectivity index (χ3n) is 11.7. The van der Waals surface area contributed by atoms with E-state index in [0.717, 1.165) is 123 Å². The largest absolute Gasteiger partial charge is 0.456 e. The van der Waals surface area contributed by atoms with Crippen LogP contribution in [0.25, 0.3) is 127 Å². The molecule has 0 unspecified atom stereocenters. The predicted octanol–water partition coefficient (Wildman–Crippen LogP) is 14.7. The van der Waals surface area contributed by atoms with Crippen LogP contribution in [0.2, 0.25) is 0 Å². The normalized spacial score (nSPS) is 13.3. The average molecular weight is 693 g/mol. The van der Waals surface area contributed by atoms with Crippen LogP contribution >= 0.6 is 0 Å². The zero-order valence-electron chi connectivity index (χ0n) is 28.9. The first kappa shape index (κ1) is 28.5. The summed E-state index contributed by atoms with van der Waals surface area (Å²) in [5, 5.41) is 10.7. The molecule has 0 fully saturated rings. The topological polar surface area (TPSA) is 52.6 Å². The number of aryl methyl sites for hydroxylation is 1. The summed E-state index contributed by atoms with van der Waals surface area (Å²) >= 11 is 0. The number of hydrogen-bond donors (Lipinski definition) is 0. The van der Waals surface area contributed by atoms with E-state index in [1.54, 1.807) is 0 Å². The van der Waals surface area contributed by atoms with E-state index >= 15 is 0 Å². The molecule has 252 valence electrons. The van der Waals surface area contributed by atoms with Gasteiger partial charge in [-0.1, -0.05) is 97.1 Å². The van der Waals surface area contributed by atoms with Crippen LogP contribution in [0.3, 0.4) is 0 Å². The molecule has 4 heteroatoms. The molecule has 4 heterocycles. The SMILES string of the molecule is C1=Cc2cc(-c3cc4oc5cc6c(cc5c4c4c3oc3ccccc34)oc3cc(-c4ccc5ccccc5c4)c4oc5ccccc5c4c36)ccc2CC1. The van der Waals surface area contributed by atoms with Gasteiger partial charge in [0.25, 0.3) is 0 Å². The van der Waals surface area contributed by atoms with Crippen molar-refractivity contribution >= 4 is 105 Å². The number of furan rings is 4. The first-order chi connectivity index (χ1) is 26.7. The van der Waals surface area contributed by atoms with Gasteiger partial charge in [-0.2, -0.15) is 0 Å². The smallest absolute Gasteiger partial charge is 0.144 e. The highest BCUT2D eigenvalue weighted by molar-refractivity contribution is 6.32. The number of fused-ring (bicyclic) bond motifs is 16. The third kappa shape index (κ3) is 3.81. The highest BCUT2D eigenvalue weighted by Gasteiger charge is 2.25. The van der Waals surface area contributed by atoms with E-state index in [0.29, 0.717) is 0 Å². The Hall–Kier alpha value is -7.04. The summed E-state index contributed by atoms with van der Waals surface area (Å²) in [6.07, 6.45) is 6.64. The maximum atomic E-state index is 6.87. The monoisotopic (exact) mass is 692 g/mol. The molecule has 0 saturated heterocycles. The van der Waals surface area contributed by atoms with E-state index < -0.39 is 0 Å². The van der Waals surface area contributed by atoms with Crippen LogP contribution in [0.4, 0.5) is 0 Å². The zero-order chi connectivity index (χ0) is 35.1. The van der Waals surface area contributed by atoms with Crippen molar-refractivity contribution in [3.05, 3.63) is 151 Å². The lowest BCUT2D eigenvalue weighted by Gasteiger charge is -2.12. The molecule has 0 amide bonds. The summed E-state index contributed by atoms with van der Waals surface area (Å²) in [5.74, 6) is 0. The highest BCUT2D eigenvalue weighted by atomic mass is 16.3. The quantitative estimate of drug-likeness (QED) is 0.181. The van der Waals surface area contributed by atoms with Crippen molar-refractivity contribution in [3.8, 4) is 22.3 Å². The van der Waals surface area contributed by atoms with Gasteiger partial charge in [-0.05, 0) is 94.4 Å².